The van der Waals surface area contributed by atoms with Crippen molar-refractivity contribution in [1.29, 1.82) is 0 Å². The first kappa shape index (κ1) is 22.3. The smallest absolute Gasteiger partial charge is 0.270 e. The van der Waals surface area contributed by atoms with E-state index < -0.39 is 0 Å². The van der Waals surface area contributed by atoms with Crippen molar-refractivity contribution in [3.63, 3.8) is 0 Å². The number of ether oxygens (including phenoxy) is 1. The highest BCUT2D eigenvalue weighted by Gasteiger charge is 2.34. The Morgan fingerprint density at radius 1 is 1.09 bits per heavy atom. The molecule has 168 valence electrons. The Hall–Kier alpha value is -2.87. The predicted octanol–water partition coefficient (Wildman–Crippen LogP) is 3.14. The molecule has 0 saturated carbocycles. The van der Waals surface area contributed by atoms with Gasteiger partial charge in [0.2, 0.25) is 5.91 Å². The van der Waals surface area contributed by atoms with E-state index >= 15 is 0 Å². The lowest BCUT2D eigenvalue weighted by Gasteiger charge is -2.37. The SMILES string of the molecule is COC1CN(C(=O)c2cc3cc(NC(=O)[C@@H]4NCC[C@H]4c4ccccc4)ccc3[nH]2)C1.Cl. The Balaban J connectivity index is 0.00000245. The number of methoxy groups -OCH3 is 1. The molecule has 0 unspecified atom stereocenters. The average molecular weight is 455 g/mol. The van der Waals surface area contributed by atoms with Gasteiger partial charge in [-0.15, -0.1) is 12.4 Å². The maximum absolute atomic E-state index is 13.0. The number of benzene rings is 2. The van der Waals surface area contributed by atoms with Gasteiger partial charge in [-0.05, 0) is 42.8 Å². The van der Waals surface area contributed by atoms with E-state index in [2.05, 4.69) is 27.8 Å². The number of nitrogens with zero attached hydrogens (tertiary/aromatic N) is 1. The largest absolute Gasteiger partial charge is 0.378 e. The van der Waals surface area contributed by atoms with Gasteiger partial charge in [0.15, 0.2) is 0 Å². The summed E-state index contributed by atoms with van der Waals surface area (Å²) in [6, 6.07) is 17.4. The Morgan fingerprint density at radius 2 is 1.88 bits per heavy atom. The van der Waals surface area contributed by atoms with Crippen molar-refractivity contribution in [2.75, 3.05) is 32.1 Å². The molecule has 0 radical (unpaired) electrons. The van der Waals surface area contributed by atoms with Gasteiger partial charge in [0.05, 0.1) is 12.1 Å². The third-order valence-electron chi connectivity index (χ3n) is 6.32. The lowest BCUT2D eigenvalue weighted by Crippen LogP contribution is -2.54. The Kier molecular flexibility index (Phi) is 6.50. The van der Waals surface area contributed by atoms with Crippen LogP contribution in [0.2, 0.25) is 0 Å². The fourth-order valence-electron chi connectivity index (χ4n) is 4.51. The third-order valence-corrected chi connectivity index (χ3v) is 6.32. The van der Waals surface area contributed by atoms with Crippen LogP contribution in [-0.2, 0) is 9.53 Å². The van der Waals surface area contributed by atoms with E-state index in [1.807, 2.05) is 42.5 Å². The number of carbonyl (C=O) groups is 2. The molecule has 32 heavy (non-hydrogen) atoms. The fourth-order valence-corrected chi connectivity index (χ4v) is 4.51. The number of halogens is 1. The van der Waals surface area contributed by atoms with Gasteiger partial charge in [0.1, 0.15) is 5.69 Å². The number of amides is 2. The van der Waals surface area contributed by atoms with E-state index in [0.717, 1.165) is 29.6 Å². The molecular weight excluding hydrogens is 428 g/mol. The summed E-state index contributed by atoms with van der Waals surface area (Å²) in [7, 11) is 1.66. The number of hydrogen-bond acceptors (Lipinski definition) is 4. The highest BCUT2D eigenvalue weighted by atomic mass is 35.5. The second kappa shape index (κ2) is 9.32. The number of aromatic nitrogens is 1. The molecule has 2 amide bonds. The summed E-state index contributed by atoms with van der Waals surface area (Å²) in [5.74, 6) is 0.0912. The van der Waals surface area contributed by atoms with E-state index in [1.54, 1.807) is 12.0 Å². The molecular formula is C24H27ClN4O3. The van der Waals surface area contributed by atoms with Crippen LogP contribution in [0, 0.1) is 0 Å². The number of aromatic amines is 1. The normalized spacial score (nSPS) is 20.6. The first-order chi connectivity index (χ1) is 15.1. The van der Waals surface area contributed by atoms with Gasteiger partial charge in [0.25, 0.3) is 5.91 Å². The molecule has 3 N–H and O–H groups in total. The molecule has 2 aromatic carbocycles. The lowest BCUT2D eigenvalue weighted by molar-refractivity contribution is -0.118. The van der Waals surface area contributed by atoms with Gasteiger partial charge >= 0.3 is 0 Å². The van der Waals surface area contributed by atoms with Gasteiger partial charge in [-0.1, -0.05) is 30.3 Å². The molecule has 0 aliphatic carbocycles. The second-order valence-corrected chi connectivity index (χ2v) is 8.28. The van der Waals surface area contributed by atoms with Crippen LogP contribution in [-0.4, -0.2) is 60.6 Å². The van der Waals surface area contributed by atoms with Crippen molar-refractivity contribution in [1.82, 2.24) is 15.2 Å². The molecule has 2 atom stereocenters. The molecule has 8 heteroatoms. The minimum Gasteiger partial charge on any atom is -0.378 e. The summed E-state index contributed by atoms with van der Waals surface area (Å²) >= 11 is 0. The van der Waals surface area contributed by atoms with E-state index in [9.17, 15) is 9.59 Å². The number of anilines is 1. The van der Waals surface area contributed by atoms with E-state index in [0.29, 0.717) is 18.8 Å². The van der Waals surface area contributed by atoms with Gasteiger partial charge in [0, 0.05) is 42.7 Å². The zero-order valence-corrected chi connectivity index (χ0v) is 18.7. The number of hydrogen-bond donors (Lipinski definition) is 3. The van der Waals surface area contributed by atoms with Crippen LogP contribution in [0.15, 0.2) is 54.6 Å². The quantitative estimate of drug-likeness (QED) is 0.552. The summed E-state index contributed by atoms with van der Waals surface area (Å²) in [4.78, 5) is 30.6. The molecule has 3 aromatic rings. The van der Waals surface area contributed by atoms with Crippen LogP contribution in [0.25, 0.3) is 10.9 Å². The number of likely N-dealkylation sites (tertiary alicyclic amines) is 1. The van der Waals surface area contributed by atoms with Gasteiger partial charge in [-0.25, -0.2) is 0 Å². The molecule has 0 bridgehead atoms. The maximum atomic E-state index is 13.0. The van der Waals surface area contributed by atoms with E-state index in [-0.39, 0.29) is 42.3 Å². The molecule has 5 rings (SSSR count). The molecule has 3 heterocycles. The number of H-pyrrole nitrogens is 1. The molecule has 2 saturated heterocycles. The first-order valence-corrected chi connectivity index (χ1v) is 10.7. The minimum absolute atomic E-state index is 0. The molecule has 0 spiro atoms. The maximum Gasteiger partial charge on any atom is 0.270 e. The Labute approximate surface area is 192 Å². The number of carbonyl (C=O) groups excluding carboxylic acids is 2. The highest BCUT2D eigenvalue weighted by molar-refractivity contribution is 6.01. The van der Waals surface area contributed by atoms with Gasteiger partial charge in [-0.2, -0.15) is 0 Å². The van der Waals surface area contributed by atoms with E-state index in [1.165, 1.54) is 5.56 Å². The van der Waals surface area contributed by atoms with Crippen LogP contribution in [0.5, 0.6) is 0 Å². The van der Waals surface area contributed by atoms with Crippen LogP contribution in [0.3, 0.4) is 0 Å². The Bertz CT molecular complexity index is 1110. The molecule has 2 fully saturated rings. The summed E-state index contributed by atoms with van der Waals surface area (Å²) in [6.45, 7) is 2.05. The van der Waals surface area contributed by atoms with Crippen molar-refractivity contribution in [3.8, 4) is 0 Å². The van der Waals surface area contributed by atoms with Crippen LogP contribution >= 0.6 is 12.4 Å². The number of nitrogens with one attached hydrogen (secondary N) is 3. The summed E-state index contributed by atoms with van der Waals surface area (Å²) in [5.41, 5.74) is 3.32. The number of rotatable bonds is 5. The highest BCUT2D eigenvalue weighted by Crippen LogP contribution is 2.29. The van der Waals surface area contributed by atoms with E-state index in [4.69, 9.17) is 4.74 Å². The van der Waals surface area contributed by atoms with Crippen LogP contribution in [0.1, 0.15) is 28.4 Å². The second-order valence-electron chi connectivity index (χ2n) is 8.28. The monoisotopic (exact) mass is 454 g/mol. The lowest BCUT2D eigenvalue weighted by atomic mass is 9.91. The van der Waals surface area contributed by atoms with Crippen LogP contribution in [0.4, 0.5) is 5.69 Å². The zero-order valence-electron chi connectivity index (χ0n) is 17.8. The Morgan fingerprint density at radius 3 is 2.62 bits per heavy atom. The van der Waals surface area contributed by atoms with Crippen molar-refractivity contribution in [3.05, 3.63) is 65.9 Å². The first-order valence-electron chi connectivity index (χ1n) is 10.7. The predicted molar refractivity (Wildman–Crippen MR) is 126 cm³/mol. The zero-order chi connectivity index (χ0) is 21.4. The molecule has 1 aromatic heterocycles. The topological polar surface area (TPSA) is 86.5 Å². The minimum atomic E-state index is -0.262. The standard InChI is InChI=1S/C24H26N4O3.ClH/c1-31-18-13-28(14-18)24(30)21-12-16-11-17(7-8-20(16)27-21)26-23(29)22-19(9-10-25-22)15-5-3-2-4-6-15;/h2-8,11-12,18-19,22,25,27H,9-10,13-14H2,1H3,(H,26,29);1H/t19-,22+;/m0./s1. The third kappa shape index (κ3) is 4.24. The van der Waals surface area contributed by atoms with Gasteiger partial charge < -0.3 is 25.3 Å². The summed E-state index contributed by atoms with van der Waals surface area (Å²) in [6.07, 6.45) is 1.06. The average Bonchev–Trinajstić information content (AvgIpc) is 3.40. The van der Waals surface area contributed by atoms with Crippen molar-refractivity contribution in [2.24, 2.45) is 0 Å². The molecule has 2 aliphatic heterocycles. The molecule has 7 nitrogen and oxygen atoms in total. The fraction of sp³-hybridized carbons (Fsp3) is 0.333. The number of fused-ring (bicyclic) bond motifs is 1. The van der Waals surface area contributed by atoms with Crippen molar-refractivity contribution in [2.45, 2.75) is 24.5 Å². The van der Waals surface area contributed by atoms with Crippen molar-refractivity contribution < 1.29 is 14.3 Å². The van der Waals surface area contributed by atoms with Crippen LogP contribution < -0.4 is 10.6 Å². The van der Waals surface area contributed by atoms with Gasteiger partial charge in [-0.3, -0.25) is 9.59 Å². The summed E-state index contributed by atoms with van der Waals surface area (Å²) in [5, 5.41) is 7.27. The molecule has 2 aliphatic rings. The summed E-state index contributed by atoms with van der Waals surface area (Å²) < 4.78 is 5.24. The van der Waals surface area contributed by atoms with Crippen molar-refractivity contribution >= 4 is 40.8 Å².